The highest BCUT2D eigenvalue weighted by molar-refractivity contribution is 6.30. The summed E-state index contributed by atoms with van der Waals surface area (Å²) in [4.78, 5) is 21.3. The predicted octanol–water partition coefficient (Wildman–Crippen LogP) is 2.12. The van der Waals surface area contributed by atoms with Crippen LogP contribution in [-0.4, -0.2) is 22.2 Å². The number of aliphatic carboxylic acids is 2. The van der Waals surface area contributed by atoms with Gasteiger partial charge in [-0.2, -0.15) is 0 Å². The maximum absolute atomic E-state index is 13.3. The summed E-state index contributed by atoms with van der Waals surface area (Å²) in [5.41, 5.74) is -0.220. The largest absolute Gasteiger partial charge is 0.481 e. The molecule has 0 amide bonds. The molecule has 86 valence electrons. The predicted molar refractivity (Wildman–Crippen MR) is 54.0 cm³/mol. The average molecular weight is 247 g/mol. The molecule has 6 heteroatoms. The molecule has 0 saturated heterocycles. The van der Waals surface area contributed by atoms with Gasteiger partial charge in [0, 0.05) is 10.6 Å². The Morgan fingerprint density at radius 3 is 2.50 bits per heavy atom. The third-order valence-corrected chi connectivity index (χ3v) is 2.25. The first-order chi connectivity index (χ1) is 7.41. The molecule has 16 heavy (non-hydrogen) atoms. The maximum Gasteiger partial charge on any atom is 0.311 e. The van der Waals surface area contributed by atoms with Crippen LogP contribution in [0.1, 0.15) is 17.9 Å². The van der Waals surface area contributed by atoms with Gasteiger partial charge in [-0.3, -0.25) is 9.59 Å². The molecule has 1 aromatic rings. The smallest absolute Gasteiger partial charge is 0.311 e. The van der Waals surface area contributed by atoms with E-state index in [1.165, 1.54) is 6.07 Å². The minimum atomic E-state index is -1.43. The third-order valence-electron chi connectivity index (χ3n) is 2.01. The van der Waals surface area contributed by atoms with Gasteiger partial charge < -0.3 is 10.2 Å². The molecule has 0 aromatic heterocycles. The molecular formula is C10H8ClFO4. The Hall–Kier alpha value is -1.62. The lowest BCUT2D eigenvalue weighted by atomic mass is 9.95. The molecule has 1 rings (SSSR count). The molecule has 1 unspecified atom stereocenters. The fourth-order valence-corrected chi connectivity index (χ4v) is 1.47. The van der Waals surface area contributed by atoms with Crippen molar-refractivity contribution in [2.75, 3.05) is 0 Å². The first-order valence-electron chi connectivity index (χ1n) is 4.31. The van der Waals surface area contributed by atoms with Crippen LogP contribution in [0, 0.1) is 5.82 Å². The highest BCUT2D eigenvalue weighted by Gasteiger charge is 2.26. The van der Waals surface area contributed by atoms with E-state index in [2.05, 4.69) is 0 Å². The number of carboxylic acid groups (broad SMARTS) is 2. The van der Waals surface area contributed by atoms with Gasteiger partial charge in [0.25, 0.3) is 0 Å². The zero-order valence-corrected chi connectivity index (χ0v) is 8.74. The Morgan fingerprint density at radius 1 is 1.38 bits per heavy atom. The van der Waals surface area contributed by atoms with E-state index < -0.39 is 30.1 Å². The van der Waals surface area contributed by atoms with Gasteiger partial charge in [0.05, 0.1) is 12.3 Å². The highest BCUT2D eigenvalue weighted by Crippen LogP contribution is 2.26. The molecule has 0 aliphatic heterocycles. The van der Waals surface area contributed by atoms with Crippen molar-refractivity contribution in [3.8, 4) is 0 Å². The first kappa shape index (κ1) is 12.4. The third kappa shape index (κ3) is 2.93. The van der Waals surface area contributed by atoms with Crippen molar-refractivity contribution in [1.29, 1.82) is 0 Å². The molecule has 0 bridgehead atoms. The lowest BCUT2D eigenvalue weighted by molar-refractivity contribution is -0.145. The molecule has 0 aliphatic carbocycles. The van der Waals surface area contributed by atoms with Gasteiger partial charge in [-0.25, -0.2) is 4.39 Å². The Bertz CT molecular complexity index is 433. The molecule has 4 nitrogen and oxygen atoms in total. The van der Waals surface area contributed by atoms with E-state index in [9.17, 15) is 14.0 Å². The Morgan fingerprint density at radius 2 is 2.00 bits per heavy atom. The molecule has 0 aliphatic rings. The number of rotatable bonds is 4. The van der Waals surface area contributed by atoms with Crippen LogP contribution in [0.25, 0.3) is 0 Å². The summed E-state index contributed by atoms with van der Waals surface area (Å²) in [6.07, 6.45) is -0.688. The average Bonchev–Trinajstić information content (AvgIpc) is 2.18. The fourth-order valence-electron chi connectivity index (χ4n) is 1.29. The van der Waals surface area contributed by atoms with Crippen LogP contribution in [0.4, 0.5) is 4.39 Å². The SMILES string of the molecule is O=C(O)CC(C(=O)O)c1cc(Cl)ccc1F. The minimum Gasteiger partial charge on any atom is -0.481 e. The Labute approximate surface area is 95.3 Å². The van der Waals surface area contributed by atoms with Crippen molar-refractivity contribution < 1.29 is 24.2 Å². The topological polar surface area (TPSA) is 74.6 Å². The monoisotopic (exact) mass is 246 g/mol. The number of hydrogen-bond donors (Lipinski definition) is 2. The second-order valence-electron chi connectivity index (χ2n) is 3.15. The van der Waals surface area contributed by atoms with Crippen LogP contribution in [0.15, 0.2) is 18.2 Å². The van der Waals surface area contributed by atoms with Gasteiger partial charge in [0.1, 0.15) is 5.82 Å². The van der Waals surface area contributed by atoms with Gasteiger partial charge in [-0.1, -0.05) is 11.6 Å². The van der Waals surface area contributed by atoms with Gasteiger partial charge >= 0.3 is 11.9 Å². The van der Waals surface area contributed by atoms with Gasteiger partial charge in [0.15, 0.2) is 0 Å². The highest BCUT2D eigenvalue weighted by atomic mass is 35.5. The molecule has 1 atom stereocenters. The summed E-state index contributed by atoms with van der Waals surface area (Å²) in [5, 5.41) is 17.5. The summed E-state index contributed by atoms with van der Waals surface area (Å²) in [6.45, 7) is 0. The van der Waals surface area contributed by atoms with E-state index in [-0.39, 0.29) is 10.6 Å². The van der Waals surface area contributed by atoms with Crippen LogP contribution < -0.4 is 0 Å². The quantitative estimate of drug-likeness (QED) is 0.853. The van der Waals surface area contributed by atoms with E-state index in [4.69, 9.17) is 21.8 Å². The molecular weight excluding hydrogens is 239 g/mol. The van der Waals surface area contributed by atoms with Gasteiger partial charge in [0.2, 0.25) is 0 Å². The Balaban J connectivity index is 3.14. The number of carboxylic acids is 2. The van der Waals surface area contributed by atoms with Crippen LogP contribution in [0.5, 0.6) is 0 Å². The molecule has 1 aromatic carbocycles. The minimum absolute atomic E-state index is 0.160. The molecule has 0 heterocycles. The summed E-state index contributed by atoms with van der Waals surface area (Å²) in [5.74, 6) is -4.93. The second-order valence-corrected chi connectivity index (χ2v) is 3.59. The normalized spacial score (nSPS) is 12.1. The molecule has 2 N–H and O–H groups in total. The zero-order valence-electron chi connectivity index (χ0n) is 7.98. The molecule has 0 saturated carbocycles. The number of halogens is 2. The van der Waals surface area contributed by atoms with E-state index >= 15 is 0 Å². The van der Waals surface area contributed by atoms with Crippen LogP contribution in [0.3, 0.4) is 0 Å². The van der Waals surface area contributed by atoms with Crippen molar-refractivity contribution in [3.63, 3.8) is 0 Å². The van der Waals surface area contributed by atoms with Crippen LogP contribution in [0.2, 0.25) is 5.02 Å². The number of benzene rings is 1. The second kappa shape index (κ2) is 4.94. The van der Waals surface area contributed by atoms with Crippen molar-refractivity contribution in [3.05, 3.63) is 34.6 Å². The summed E-state index contributed by atoms with van der Waals surface area (Å²) < 4.78 is 13.3. The lowest BCUT2D eigenvalue weighted by Crippen LogP contribution is -2.17. The van der Waals surface area contributed by atoms with E-state index in [0.717, 1.165) is 12.1 Å². The molecule has 0 radical (unpaired) electrons. The van der Waals surface area contributed by atoms with E-state index in [1.807, 2.05) is 0 Å². The molecule has 0 spiro atoms. The van der Waals surface area contributed by atoms with E-state index in [0.29, 0.717) is 0 Å². The number of carbonyl (C=O) groups is 2. The van der Waals surface area contributed by atoms with Gasteiger partial charge in [-0.15, -0.1) is 0 Å². The summed E-state index contributed by atoms with van der Waals surface area (Å²) in [6, 6.07) is 3.40. The first-order valence-corrected chi connectivity index (χ1v) is 4.69. The van der Waals surface area contributed by atoms with Crippen molar-refractivity contribution in [2.45, 2.75) is 12.3 Å². The van der Waals surface area contributed by atoms with Gasteiger partial charge in [-0.05, 0) is 18.2 Å². The Kier molecular flexibility index (Phi) is 3.84. The van der Waals surface area contributed by atoms with Crippen molar-refractivity contribution in [2.24, 2.45) is 0 Å². The standard InChI is InChI=1S/C10H8ClFO4/c11-5-1-2-8(12)6(3-5)7(10(15)16)4-9(13)14/h1-3,7H,4H2,(H,13,14)(H,15,16). The van der Waals surface area contributed by atoms with E-state index in [1.54, 1.807) is 0 Å². The zero-order chi connectivity index (χ0) is 12.3. The van der Waals surface area contributed by atoms with Crippen molar-refractivity contribution in [1.82, 2.24) is 0 Å². The van der Waals surface area contributed by atoms with Crippen LogP contribution >= 0.6 is 11.6 Å². The molecule has 0 fully saturated rings. The summed E-state index contributed by atoms with van der Waals surface area (Å²) >= 11 is 5.60. The number of hydrogen-bond acceptors (Lipinski definition) is 2. The fraction of sp³-hybridized carbons (Fsp3) is 0.200. The summed E-state index contributed by atoms with van der Waals surface area (Å²) in [7, 11) is 0. The van der Waals surface area contributed by atoms with Crippen molar-refractivity contribution >= 4 is 23.5 Å². The maximum atomic E-state index is 13.3. The van der Waals surface area contributed by atoms with Crippen LogP contribution in [-0.2, 0) is 9.59 Å². The lowest BCUT2D eigenvalue weighted by Gasteiger charge is -2.11.